The first-order chi connectivity index (χ1) is 15.4. The lowest BCUT2D eigenvalue weighted by molar-refractivity contribution is 0.452. The third-order valence-electron chi connectivity index (χ3n) is 5.79. The Hall–Kier alpha value is -3.45. The molecule has 32 heavy (non-hydrogen) atoms. The van der Waals surface area contributed by atoms with E-state index in [9.17, 15) is 0 Å². The molecule has 0 aliphatic carbocycles. The highest BCUT2D eigenvalue weighted by Gasteiger charge is 2.24. The van der Waals surface area contributed by atoms with Crippen molar-refractivity contribution >= 4 is 23.0 Å². The Morgan fingerprint density at radius 3 is 2.72 bits per heavy atom. The van der Waals surface area contributed by atoms with E-state index in [1.807, 2.05) is 37.2 Å². The van der Waals surface area contributed by atoms with Gasteiger partial charge in [0.2, 0.25) is 0 Å². The fourth-order valence-corrected chi connectivity index (χ4v) is 4.13. The monoisotopic (exact) mass is 429 g/mol. The Morgan fingerprint density at radius 2 is 2.00 bits per heavy atom. The molecule has 1 atom stereocenters. The summed E-state index contributed by atoms with van der Waals surface area (Å²) in [5, 5.41) is 11.7. The van der Waals surface area contributed by atoms with Crippen molar-refractivity contribution in [1.29, 1.82) is 5.41 Å². The van der Waals surface area contributed by atoms with E-state index in [0.29, 0.717) is 17.4 Å². The molecule has 0 spiro atoms. The summed E-state index contributed by atoms with van der Waals surface area (Å²) in [6.45, 7) is 4.38. The summed E-state index contributed by atoms with van der Waals surface area (Å²) < 4.78 is 0. The second-order valence-electron chi connectivity index (χ2n) is 8.51. The number of nitrogens with zero attached hydrogens (tertiary/aromatic N) is 4. The van der Waals surface area contributed by atoms with Crippen LogP contribution in [-0.2, 0) is 6.42 Å². The molecule has 4 N–H and O–H groups in total. The summed E-state index contributed by atoms with van der Waals surface area (Å²) in [7, 11) is 3.99. The lowest BCUT2D eigenvalue weighted by Crippen LogP contribution is -2.52. The highest BCUT2D eigenvalue weighted by Crippen LogP contribution is 2.30. The van der Waals surface area contributed by atoms with Gasteiger partial charge in [0.25, 0.3) is 0 Å². The van der Waals surface area contributed by atoms with Gasteiger partial charge in [0.1, 0.15) is 0 Å². The van der Waals surface area contributed by atoms with E-state index in [1.54, 1.807) is 13.1 Å². The van der Waals surface area contributed by atoms with Gasteiger partial charge in [-0.15, -0.1) is 0 Å². The van der Waals surface area contributed by atoms with Gasteiger partial charge in [-0.2, -0.15) is 0 Å². The third-order valence-corrected chi connectivity index (χ3v) is 5.79. The van der Waals surface area contributed by atoms with Gasteiger partial charge in [0, 0.05) is 62.3 Å². The van der Waals surface area contributed by atoms with Crippen molar-refractivity contribution in [3.63, 3.8) is 0 Å². The molecule has 7 heteroatoms. The van der Waals surface area contributed by atoms with Crippen LogP contribution in [0.15, 0.2) is 54.7 Å². The molecule has 1 fully saturated rings. The number of piperazine rings is 1. The first kappa shape index (κ1) is 21.8. The average Bonchev–Trinajstić information content (AvgIpc) is 2.79. The minimum absolute atomic E-state index is 0.343. The standard InChI is InChI=1S/C25H31N7/c1-17(26)21-14-19(9-10-22(21)27)23-15-29-24(31(2)3)25(30-23)32-12-11-28-20(16-32)13-18-7-5-4-6-8-18/h4-10,14-15,20,26,28H,11-13,16,27H2,1-3H3/t20-/m0/s1. The number of rotatable bonds is 6. The van der Waals surface area contributed by atoms with Gasteiger partial charge in [0.15, 0.2) is 11.6 Å². The summed E-state index contributed by atoms with van der Waals surface area (Å²) in [6, 6.07) is 16.6. The first-order valence-corrected chi connectivity index (χ1v) is 10.9. The van der Waals surface area contributed by atoms with Crippen molar-refractivity contribution in [3.05, 3.63) is 65.9 Å². The zero-order valence-electron chi connectivity index (χ0n) is 19.0. The van der Waals surface area contributed by atoms with Crippen LogP contribution in [0.25, 0.3) is 11.3 Å². The van der Waals surface area contributed by atoms with Crippen LogP contribution >= 0.6 is 0 Å². The van der Waals surface area contributed by atoms with Crippen molar-refractivity contribution in [3.8, 4) is 11.3 Å². The second kappa shape index (κ2) is 9.36. The molecule has 1 aromatic heterocycles. The molecule has 1 aliphatic heterocycles. The Balaban J connectivity index is 1.65. The highest BCUT2D eigenvalue weighted by atomic mass is 15.3. The molecule has 166 valence electrons. The summed E-state index contributed by atoms with van der Waals surface area (Å²) in [5.41, 5.74) is 10.9. The maximum absolute atomic E-state index is 8.00. The molecule has 0 saturated carbocycles. The number of hydrogen-bond acceptors (Lipinski definition) is 7. The average molecular weight is 430 g/mol. The topological polar surface area (TPSA) is 94.2 Å². The normalized spacial score (nSPS) is 16.1. The van der Waals surface area contributed by atoms with Gasteiger partial charge in [-0.05, 0) is 31.0 Å². The summed E-state index contributed by atoms with van der Waals surface area (Å²) in [5.74, 6) is 1.74. The van der Waals surface area contributed by atoms with Gasteiger partial charge in [-0.1, -0.05) is 36.4 Å². The van der Waals surface area contributed by atoms with Crippen LogP contribution in [0.5, 0.6) is 0 Å². The fraction of sp³-hybridized carbons (Fsp3) is 0.320. The molecule has 2 heterocycles. The summed E-state index contributed by atoms with van der Waals surface area (Å²) >= 11 is 0. The highest BCUT2D eigenvalue weighted by molar-refractivity contribution is 6.02. The summed E-state index contributed by atoms with van der Waals surface area (Å²) in [6.07, 6.45) is 2.78. The Labute approximate surface area is 189 Å². The molecule has 0 bridgehead atoms. The van der Waals surface area contributed by atoms with E-state index < -0.39 is 0 Å². The van der Waals surface area contributed by atoms with E-state index in [1.165, 1.54) is 5.56 Å². The van der Waals surface area contributed by atoms with Crippen molar-refractivity contribution < 1.29 is 0 Å². The quantitative estimate of drug-likeness (QED) is 0.412. The smallest absolute Gasteiger partial charge is 0.172 e. The molecule has 0 amide bonds. The van der Waals surface area contributed by atoms with Crippen LogP contribution in [0.3, 0.4) is 0 Å². The maximum atomic E-state index is 8.00. The lowest BCUT2D eigenvalue weighted by atomic mass is 10.0. The van der Waals surface area contributed by atoms with Crippen LogP contribution in [0.2, 0.25) is 0 Å². The van der Waals surface area contributed by atoms with Gasteiger partial charge < -0.3 is 26.3 Å². The SMILES string of the molecule is CC(=N)c1cc(-c2cnc(N(C)C)c(N3CCN[C@@H](Cc4ccccc4)C3)n2)ccc1N. The van der Waals surface area contributed by atoms with E-state index >= 15 is 0 Å². The predicted molar refractivity (Wildman–Crippen MR) is 133 cm³/mol. The minimum atomic E-state index is 0.343. The summed E-state index contributed by atoms with van der Waals surface area (Å²) in [4.78, 5) is 14.1. The predicted octanol–water partition coefficient (Wildman–Crippen LogP) is 3.20. The van der Waals surface area contributed by atoms with Crippen LogP contribution in [0, 0.1) is 5.41 Å². The van der Waals surface area contributed by atoms with Gasteiger partial charge >= 0.3 is 0 Å². The Kier molecular flexibility index (Phi) is 6.37. The van der Waals surface area contributed by atoms with Gasteiger partial charge in [-0.25, -0.2) is 9.97 Å². The molecular weight excluding hydrogens is 398 g/mol. The van der Waals surface area contributed by atoms with Gasteiger partial charge in [-0.3, -0.25) is 0 Å². The van der Waals surface area contributed by atoms with E-state index in [2.05, 4.69) is 40.5 Å². The number of aromatic nitrogens is 2. The van der Waals surface area contributed by atoms with E-state index in [0.717, 1.165) is 54.5 Å². The van der Waals surface area contributed by atoms with Crippen molar-refractivity contribution in [2.45, 2.75) is 19.4 Å². The van der Waals surface area contributed by atoms with E-state index in [-0.39, 0.29) is 0 Å². The molecular formula is C25H31N7. The number of hydrogen-bond donors (Lipinski definition) is 3. The second-order valence-corrected chi connectivity index (χ2v) is 8.51. The molecule has 0 unspecified atom stereocenters. The van der Waals surface area contributed by atoms with Crippen LogP contribution in [0.1, 0.15) is 18.1 Å². The Morgan fingerprint density at radius 1 is 1.22 bits per heavy atom. The lowest BCUT2D eigenvalue weighted by Gasteiger charge is -2.36. The number of benzene rings is 2. The van der Waals surface area contributed by atoms with Crippen molar-refractivity contribution in [2.75, 3.05) is 49.3 Å². The third kappa shape index (κ3) is 4.73. The van der Waals surface area contributed by atoms with Crippen LogP contribution in [-0.4, -0.2) is 55.5 Å². The van der Waals surface area contributed by atoms with Crippen molar-refractivity contribution in [1.82, 2.24) is 15.3 Å². The minimum Gasteiger partial charge on any atom is -0.398 e. The van der Waals surface area contributed by atoms with E-state index in [4.69, 9.17) is 21.1 Å². The molecule has 4 rings (SSSR count). The molecule has 1 aliphatic rings. The zero-order valence-corrected chi connectivity index (χ0v) is 19.0. The van der Waals surface area contributed by atoms with Crippen LogP contribution in [0.4, 0.5) is 17.3 Å². The number of nitrogens with one attached hydrogen (secondary N) is 2. The maximum Gasteiger partial charge on any atom is 0.172 e. The number of nitrogens with two attached hydrogens (primary N) is 1. The van der Waals surface area contributed by atoms with Crippen LogP contribution < -0.4 is 20.9 Å². The number of anilines is 3. The largest absolute Gasteiger partial charge is 0.398 e. The fourth-order valence-electron chi connectivity index (χ4n) is 4.13. The molecule has 1 saturated heterocycles. The Bertz CT molecular complexity index is 1090. The van der Waals surface area contributed by atoms with Gasteiger partial charge in [0.05, 0.1) is 11.9 Å². The molecule has 7 nitrogen and oxygen atoms in total. The number of nitrogen functional groups attached to an aromatic ring is 1. The molecule has 3 aromatic rings. The molecule has 0 radical (unpaired) electrons. The zero-order chi connectivity index (χ0) is 22.7. The molecule has 2 aromatic carbocycles. The first-order valence-electron chi connectivity index (χ1n) is 10.9. The van der Waals surface area contributed by atoms with Crippen molar-refractivity contribution in [2.24, 2.45) is 0 Å².